The molecule has 1 fully saturated rings. The number of fused-ring (bicyclic) bond motifs is 1. The lowest BCUT2D eigenvalue weighted by Gasteiger charge is -2.30. The lowest BCUT2D eigenvalue weighted by Crippen LogP contribution is -2.45. The first-order chi connectivity index (χ1) is 10.3. The molecule has 0 aliphatic carbocycles. The Bertz CT molecular complexity index is 616. The van der Waals surface area contributed by atoms with Crippen molar-refractivity contribution in [1.82, 2.24) is 10.2 Å². The van der Waals surface area contributed by atoms with Crippen LogP contribution in [0.1, 0.15) is 36.5 Å². The smallest absolute Gasteiger partial charge is 0.255 e. The Balaban J connectivity index is 1.78. The van der Waals surface area contributed by atoms with Gasteiger partial charge in [-0.1, -0.05) is 24.6 Å². The number of piperidine rings is 1. The first-order valence-electron chi connectivity index (χ1n) is 7.78. The standard InChI is InChI=1S/C17H22N2OS/c1-2-19(11-13-7-5-6-10-18-13)17(20)15-12-21-16-9-4-3-8-14(15)16/h3-4,8-9,12-13,18H,2,5-7,10-11H2,1H3. The van der Waals surface area contributed by atoms with Crippen LogP contribution < -0.4 is 5.32 Å². The molecule has 1 aliphatic rings. The van der Waals surface area contributed by atoms with E-state index in [9.17, 15) is 4.79 Å². The molecule has 2 heterocycles. The zero-order chi connectivity index (χ0) is 14.7. The van der Waals surface area contributed by atoms with Gasteiger partial charge in [-0.25, -0.2) is 0 Å². The minimum absolute atomic E-state index is 0.169. The van der Waals surface area contributed by atoms with Crippen LogP contribution in [0.15, 0.2) is 29.6 Å². The molecule has 3 nitrogen and oxygen atoms in total. The van der Waals surface area contributed by atoms with E-state index < -0.39 is 0 Å². The van der Waals surface area contributed by atoms with Gasteiger partial charge in [-0.2, -0.15) is 0 Å². The number of hydrogen-bond donors (Lipinski definition) is 1. The summed E-state index contributed by atoms with van der Waals surface area (Å²) in [5.41, 5.74) is 0.855. The van der Waals surface area contributed by atoms with Crippen LogP contribution in [0.25, 0.3) is 10.1 Å². The number of rotatable bonds is 4. The topological polar surface area (TPSA) is 32.3 Å². The highest BCUT2D eigenvalue weighted by Gasteiger charge is 2.22. The molecule has 1 atom stereocenters. The number of nitrogens with one attached hydrogen (secondary N) is 1. The van der Waals surface area contributed by atoms with Gasteiger partial charge in [0.05, 0.1) is 5.56 Å². The molecule has 0 radical (unpaired) electrons. The van der Waals surface area contributed by atoms with E-state index in [1.54, 1.807) is 11.3 Å². The van der Waals surface area contributed by atoms with E-state index in [0.717, 1.165) is 30.6 Å². The highest BCUT2D eigenvalue weighted by Crippen LogP contribution is 2.26. The molecule has 2 aromatic rings. The highest BCUT2D eigenvalue weighted by atomic mass is 32.1. The van der Waals surface area contributed by atoms with Crippen LogP contribution in [0, 0.1) is 0 Å². The molecule has 3 rings (SSSR count). The van der Waals surface area contributed by atoms with Crippen LogP contribution in [0.4, 0.5) is 0 Å². The summed E-state index contributed by atoms with van der Waals surface area (Å²) in [5, 5.41) is 6.62. The first kappa shape index (κ1) is 14.5. The SMILES string of the molecule is CCN(CC1CCCCN1)C(=O)c1csc2ccccc12. The molecular formula is C17H22N2OS. The number of hydrogen-bond acceptors (Lipinski definition) is 3. The van der Waals surface area contributed by atoms with Crippen LogP contribution in [-0.2, 0) is 0 Å². The predicted octanol–water partition coefficient (Wildman–Crippen LogP) is 3.51. The monoisotopic (exact) mass is 302 g/mol. The van der Waals surface area contributed by atoms with E-state index in [0.29, 0.717) is 6.04 Å². The fourth-order valence-corrected chi connectivity index (χ4v) is 3.95. The van der Waals surface area contributed by atoms with Gasteiger partial charge in [0.2, 0.25) is 0 Å². The van der Waals surface area contributed by atoms with E-state index in [4.69, 9.17) is 0 Å². The van der Waals surface area contributed by atoms with Gasteiger partial charge in [0.15, 0.2) is 0 Å². The van der Waals surface area contributed by atoms with E-state index in [1.807, 2.05) is 28.5 Å². The summed E-state index contributed by atoms with van der Waals surface area (Å²) < 4.78 is 1.19. The Labute approximate surface area is 130 Å². The van der Waals surface area contributed by atoms with E-state index in [1.165, 1.54) is 24.0 Å². The normalized spacial score (nSPS) is 18.8. The van der Waals surface area contributed by atoms with E-state index >= 15 is 0 Å². The van der Waals surface area contributed by atoms with Gasteiger partial charge in [0.1, 0.15) is 0 Å². The van der Waals surface area contributed by atoms with Gasteiger partial charge in [-0.15, -0.1) is 11.3 Å². The summed E-state index contributed by atoms with van der Waals surface area (Å²) in [6.07, 6.45) is 3.70. The van der Waals surface area contributed by atoms with Crippen molar-refractivity contribution in [3.63, 3.8) is 0 Å². The highest BCUT2D eigenvalue weighted by molar-refractivity contribution is 7.17. The summed E-state index contributed by atoms with van der Waals surface area (Å²) in [7, 11) is 0. The summed E-state index contributed by atoms with van der Waals surface area (Å²) in [6, 6.07) is 8.61. The predicted molar refractivity (Wildman–Crippen MR) is 89.0 cm³/mol. The molecule has 1 N–H and O–H groups in total. The van der Waals surface area contributed by atoms with Crippen LogP contribution in [0.3, 0.4) is 0 Å². The van der Waals surface area contributed by atoms with Crippen molar-refractivity contribution < 1.29 is 4.79 Å². The van der Waals surface area contributed by atoms with Crippen LogP contribution >= 0.6 is 11.3 Å². The molecule has 0 saturated carbocycles. The van der Waals surface area contributed by atoms with Gasteiger partial charge in [-0.3, -0.25) is 4.79 Å². The Morgan fingerprint density at radius 3 is 3.00 bits per heavy atom. The van der Waals surface area contributed by atoms with Crippen LogP contribution in [0.5, 0.6) is 0 Å². The maximum Gasteiger partial charge on any atom is 0.255 e. The third kappa shape index (κ3) is 3.11. The number of nitrogens with zero attached hydrogens (tertiary/aromatic N) is 1. The number of benzene rings is 1. The van der Waals surface area contributed by atoms with Crippen LogP contribution in [0.2, 0.25) is 0 Å². The lowest BCUT2D eigenvalue weighted by atomic mass is 10.0. The summed E-state index contributed by atoms with van der Waals surface area (Å²) >= 11 is 1.65. The molecule has 1 unspecified atom stereocenters. The van der Waals surface area contributed by atoms with E-state index in [-0.39, 0.29) is 5.91 Å². The third-order valence-electron chi connectivity index (χ3n) is 4.23. The van der Waals surface area contributed by atoms with Gasteiger partial charge in [-0.05, 0) is 32.4 Å². The minimum atomic E-state index is 0.169. The molecule has 112 valence electrons. The molecular weight excluding hydrogens is 280 g/mol. The molecule has 0 bridgehead atoms. The van der Waals surface area contributed by atoms with Gasteiger partial charge in [0.25, 0.3) is 5.91 Å². The van der Waals surface area contributed by atoms with Crippen LogP contribution in [-0.4, -0.2) is 36.5 Å². The molecule has 1 aliphatic heterocycles. The Kier molecular flexibility index (Phi) is 4.56. The third-order valence-corrected chi connectivity index (χ3v) is 5.20. The molecule has 1 amide bonds. The van der Waals surface area contributed by atoms with Crippen molar-refractivity contribution in [3.8, 4) is 0 Å². The molecule has 4 heteroatoms. The molecule has 1 saturated heterocycles. The quantitative estimate of drug-likeness (QED) is 0.937. The Hall–Kier alpha value is -1.39. The summed E-state index contributed by atoms with van der Waals surface area (Å²) in [4.78, 5) is 14.8. The van der Waals surface area contributed by atoms with Crippen molar-refractivity contribution in [1.29, 1.82) is 0 Å². The van der Waals surface area contributed by atoms with Crippen molar-refractivity contribution in [2.24, 2.45) is 0 Å². The Morgan fingerprint density at radius 1 is 1.38 bits per heavy atom. The van der Waals surface area contributed by atoms with Crippen molar-refractivity contribution in [2.45, 2.75) is 32.2 Å². The van der Waals surface area contributed by atoms with Crippen molar-refractivity contribution in [2.75, 3.05) is 19.6 Å². The average molecular weight is 302 g/mol. The largest absolute Gasteiger partial charge is 0.337 e. The zero-order valence-electron chi connectivity index (χ0n) is 12.5. The second-order valence-electron chi connectivity index (χ2n) is 5.64. The Morgan fingerprint density at radius 2 is 2.24 bits per heavy atom. The number of likely N-dealkylation sites (N-methyl/N-ethyl adjacent to an activating group) is 1. The number of carbonyl (C=O) groups is 1. The first-order valence-corrected chi connectivity index (χ1v) is 8.66. The number of carbonyl (C=O) groups excluding carboxylic acids is 1. The number of amides is 1. The average Bonchev–Trinajstić information content (AvgIpc) is 2.97. The van der Waals surface area contributed by atoms with E-state index in [2.05, 4.69) is 18.3 Å². The maximum atomic E-state index is 12.8. The summed E-state index contributed by atoms with van der Waals surface area (Å²) in [5.74, 6) is 0.169. The molecule has 1 aromatic carbocycles. The second-order valence-corrected chi connectivity index (χ2v) is 6.55. The van der Waals surface area contributed by atoms with Crippen molar-refractivity contribution >= 4 is 27.3 Å². The summed E-state index contributed by atoms with van der Waals surface area (Å²) in [6.45, 7) is 4.73. The van der Waals surface area contributed by atoms with Gasteiger partial charge in [0, 0.05) is 34.6 Å². The zero-order valence-corrected chi connectivity index (χ0v) is 13.3. The minimum Gasteiger partial charge on any atom is -0.337 e. The van der Waals surface area contributed by atoms with Gasteiger partial charge < -0.3 is 10.2 Å². The maximum absolute atomic E-state index is 12.8. The molecule has 0 spiro atoms. The molecule has 21 heavy (non-hydrogen) atoms. The molecule has 1 aromatic heterocycles. The fraction of sp³-hybridized carbons (Fsp3) is 0.471. The second kappa shape index (κ2) is 6.58. The van der Waals surface area contributed by atoms with Gasteiger partial charge >= 0.3 is 0 Å². The lowest BCUT2D eigenvalue weighted by molar-refractivity contribution is 0.0744. The fourth-order valence-electron chi connectivity index (χ4n) is 3.02. The van der Waals surface area contributed by atoms with Crippen molar-refractivity contribution in [3.05, 3.63) is 35.2 Å². The number of thiophene rings is 1.